The summed E-state index contributed by atoms with van der Waals surface area (Å²) in [4.78, 5) is 0. The van der Waals surface area contributed by atoms with Crippen molar-refractivity contribution in [2.45, 2.75) is 71.0 Å². The molecular formula is C12H26S2. The van der Waals surface area contributed by atoms with Gasteiger partial charge in [-0.2, -0.15) is 0 Å². The van der Waals surface area contributed by atoms with Crippen LogP contribution in [0.2, 0.25) is 0 Å². The van der Waals surface area contributed by atoms with Gasteiger partial charge in [-0.05, 0) is 12.8 Å². The number of rotatable bonds is 10. The largest absolute Gasteiger partial charge is 0.0939 e. The Kier molecular flexibility index (Phi) is 12.4. The Morgan fingerprint density at radius 1 is 0.929 bits per heavy atom. The lowest BCUT2D eigenvalue weighted by molar-refractivity contribution is 0.660. The van der Waals surface area contributed by atoms with Gasteiger partial charge in [0.25, 0.3) is 0 Å². The minimum absolute atomic E-state index is 0.848. The lowest BCUT2D eigenvalue weighted by Gasteiger charge is -2.08. The highest BCUT2D eigenvalue weighted by Gasteiger charge is 2.00. The molecule has 0 radical (unpaired) electrons. The smallest absolute Gasteiger partial charge is 0.0123 e. The van der Waals surface area contributed by atoms with E-state index in [0.717, 1.165) is 5.25 Å². The van der Waals surface area contributed by atoms with Crippen LogP contribution in [0.4, 0.5) is 0 Å². The first-order chi connectivity index (χ1) is 6.81. The first kappa shape index (κ1) is 14.7. The van der Waals surface area contributed by atoms with Crippen LogP contribution >= 0.6 is 21.6 Å². The van der Waals surface area contributed by atoms with Crippen molar-refractivity contribution in [3.63, 3.8) is 0 Å². The second-order valence-electron chi connectivity index (χ2n) is 3.93. The van der Waals surface area contributed by atoms with Gasteiger partial charge in [0.1, 0.15) is 0 Å². The van der Waals surface area contributed by atoms with E-state index < -0.39 is 0 Å². The fourth-order valence-electron chi connectivity index (χ4n) is 1.38. The lowest BCUT2D eigenvalue weighted by Crippen LogP contribution is -1.92. The molecule has 0 saturated carbocycles. The fraction of sp³-hybridized carbons (Fsp3) is 1.00. The second kappa shape index (κ2) is 11.8. The molecule has 0 rings (SSSR count). The first-order valence-electron chi connectivity index (χ1n) is 6.09. The van der Waals surface area contributed by atoms with Crippen molar-refractivity contribution in [3.05, 3.63) is 0 Å². The van der Waals surface area contributed by atoms with Gasteiger partial charge in [0.2, 0.25) is 0 Å². The van der Waals surface area contributed by atoms with E-state index in [1.54, 1.807) is 0 Å². The van der Waals surface area contributed by atoms with Crippen LogP contribution in [0.25, 0.3) is 0 Å². The molecule has 0 bridgehead atoms. The normalized spacial score (nSPS) is 13.1. The molecule has 0 amide bonds. The Hall–Kier alpha value is 0.700. The van der Waals surface area contributed by atoms with E-state index in [-0.39, 0.29) is 0 Å². The quantitative estimate of drug-likeness (QED) is 0.360. The molecule has 0 fully saturated rings. The average Bonchev–Trinajstić information content (AvgIpc) is 2.17. The van der Waals surface area contributed by atoms with Crippen molar-refractivity contribution in [2.75, 3.05) is 5.75 Å². The first-order valence-corrected chi connectivity index (χ1v) is 8.47. The molecule has 2 heteroatoms. The zero-order chi connectivity index (χ0) is 10.6. The van der Waals surface area contributed by atoms with Crippen molar-refractivity contribution in [1.82, 2.24) is 0 Å². The van der Waals surface area contributed by atoms with Crippen LogP contribution in [-0.4, -0.2) is 11.0 Å². The maximum Gasteiger partial charge on any atom is 0.0123 e. The van der Waals surface area contributed by atoms with Gasteiger partial charge >= 0.3 is 0 Å². The van der Waals surface area contributed by atoms with Gasteiger partial charge < -0.3 is 0 Å². The van der Waals surface area contributed by atoms with E-state index in [1.807, 2.05) is 0 Å². The van der Waals surface area contributed by atoms with E-state index in [9.17, 15) is 0 Å². The summed E-state index contributed by atoms with van der Waals surface area (Å²) in [7, 11) is 4.16. The van der Waals surface area contributed by atoms with Gasteiger partial charge in [0, 0.05) is 11.0 Å². The van der Waals surface area contributed by atoms with Crippen molar-refractivity contribution in [3.8, 4) is 0 Å². The van der Waals surface area contributed by atoms with Crippen LogP contribution in [0.3, 0.4) is 0 Å². The summed E-state index contributed by atoms with van der Waals surface area (Å²) in [6, 6.07) is 0. The SMILES string of the molecule is CCCCCCCSSC(C)CCC. The van der Waals surface area contributed by atoms with Crippen molar-refractivity contribution in [2.24, 2.45) is 0 Å². The van der Waals surface area contributed by atoms with Crippen LogP contribution in [0.1, 0.15) is 65.7 Å². The average molecular weight is 234 g/mol. The molecule has 0 saturated heterocycles. The molecule has 0 aromatic heterocycles. The Balaban J connectivity index is 2.98. The molecule has 0 aliphatic carbocycles. The Bertz CT molecular complexity index is 104. The van der Waals surface area contributed by atoms with Crippen LogP contribution in [-0.2, 0) is 0 Å². The molecule has 0 nitrogen and oxygen atoms in total. The molecule has 0 N–H and O–H groups in total. The minimum Gasteiger partial charge on any atom is -0.0939 e. The molecule has 0 aliphatic rings. The topological polar surface area (TPSA) is 0 Å². The van der Waals surface area contributed by atoms with Gasteiger partial charge in [0.15, 0.2) is 0 Å². The van der Waals surface area contributed by atoms with Gasteiger partial charge in [-0.25, -0.2) is 0 Å². The molecule has 1 atom stereocenters. The third-order valence-corrected chi connectivity index (χ3v) is 5.31. The number of hydrogen-bond donors (Lipinski definition) is 0. The van der Waals surface area contributed by atoms with Gasteiger partial charge in [-0.1, -0.05) is 74.5 Å². The number of hydrogen-bond acceptors (Lipinski definition) is 2. The Morgan fingerprint density at radius 3 is 2.29 bits per heavy atom. The standard InChI is InChI=1S/C12H26S2/c1-4-6-7-8-9-11-13-14-12(3)10-5-2/h12H,4-11H2,1-3H3. The Morgan fingerprint density at radius 2 is 1.64 bits per heavy atom. The summed E-state index contributed by atoms with van der Waals surface area (Å²) in [6.07, 6.45) is 9.75. The maximum absolute atomic E-state index is 2.35. The Labute approximate surface area is 98.4 Å². The monoisotopic (exact) mass is 234 g/mol. The zero-order valence-electron chi connectivity index (χ0n) is 10.1. The molecule has 86 valence electrons. The van der Waals surface area contributed by atoms with Gasteiger partial charge in [-0.3, -0.25) is 0 Å². The molecule has 0 heterocycles. The lowest BCUT2D eigenvalue weighted by atomic mass is 10.2. The molecule has 14 heavy (non-hydrogen) atoms. The third-order valence-electron chi connectivity index (χ3n) is 2.26. The van der Waals surface area contributed by atoms with Gasteiger partial charge in [0.05, 0.1) is 0 Å². The summed E-state index contributed by atoms with van der Waals surface area (Å²) >= 11 is 0. The van der Waals surface area contributed by atoms with Gasteiger partial charge in [-0.15, -0.1) is 0 Å². The molecule has 0 aliphatic heterocycles. The van der Waals surface area contributed by atoms with E-state index in [0.29, 0.717) is 0 Å². The summed E-state index contributed by atoms with van der Waals surface area (Å²) in [6.45, 7) is 6.89. The van der Waals surface area contributed by atoms with Crippen LogP contribution in [0, 0.1) is 0 Å². The van der Waals surface area contributed by atoms with Crippen molar-refractivity contribution in [1.29, 1.82) is 0 Å². The molecular weight excluding hydrogens is 208 g/mol. The summed E-state index contributed by atoms with van der Waals surface area (Å²) in [5, 5.41) is 0.848. The van der Waals surface area contributed by atoms with Crippen LogP contribution < -0.4 is 0 Å². The van der Waals surface area contributed by atoms with E-state index in [2.05, 4.69) is 42.4 Å². The van der Waals surface area contributed by atoms with Crippen molar-refractivity contribution >= 4 is 21.6 Å². The minimum atomic E-state index is 0.848. The second-order valence-corrected chi connectivity index (χ2v) is 6.86. The zero-order valence-corrected chi connectivity index (χ0v) is 11.7. The molecule has 0 aromatic carbocycles. The van der Waals surface area contributed by atoms with Crippen molar-refractivity contribution < 1.29 is 0 Å². The highest BCUT2D eigenvalue weighted by atomic mass is 33.1. The highest BCUT2D eigenvalue weighted by molar-refractivity contribution is 8.76. The highest BCUT2D eigenvalue weighted by Crippen LogP contribution is 2.30. The summed E-state index contributed by atoms with van der Waals surface area (Å²) in [5.41, 5.74) is 0. The fourth-order valence-corrected chi connectivity index (χ4v) is 3.99. The van der Waals surface area contributed by atoms with Crippen LogP contribution in [0.5, 0.6) is 0 Å². The third kappa shape index (κ3) is 10.8. The molecule has 0 spiro atoms. The predicted molar refractivity (Wildman–Crippen MR) is 73.2 cm³/mol. The predicted octanol–water partition coefficient (Wildman–Crippen LogP) is 5.53. The maximum atomic E-state index is 2.35. The number of unbranched alkanes of at least 4 members (excludes halogenated alkanes) is 4. The summed E-state index contributed by atoms with van der Waals surface area (Å²) < 4.78 is 0. The van der Waals surface area contributed by atoms with Crippen LogP contribution in [0.15, 0.2) is 0 Å². The van der Waals surface area contributed by atoms with E-state index in [1.165, 1.54) is 50.7 Å². The summed E-state index contributed by atoms with van der Waals surface area (Å²) in [5.74, 6) is 1.35. The molecule has 0 aromatic rings. The van der Waals surface area contributed by atoms with E-state index >= 15 is 0 Å². The molecule has 1 unspecified atom stereocenters. The van der Waals surface area contributed by atoms with E-state index in [4.69, 9.17) is 0 Å².